The summed E-state index contributed by atoms with van der Waals surface area (Å²) in [6, 6.07) is 14.7. The molecule has 1 aliphatic rings. The molecule has 90 valence electrons. The lowest BCUT2D eigenvalue weighted by Gasteiger charge is -2.05. The van der Waals surface area contributed by atoms with Gasteiger partial charge in [0, 0.05) is 0 Å². The van der Waals surface area contributed by atoms with E-state index in [9.17, 15) is 4.79 Å². The lowest BCUT2D eigenvalue weighted by Crippen LogP contribution is -2.04. The minimum Gasteiger partial charge on any atom is -0.469 e. The fraction of sp³-hybridized carbons (Fsp3) is 0.188. The topological polar surface area (TPSA) is 26.3 Å². The molecule has 0 amide bonds. The molecule has 2 nitrogen and oxygen atoms in total. The Morgan fingerprint density at radius 1 is 1.11 bits per heavy atom. The van der Waals surface area contributed by atoms with Gasteiger partial charge in [0.2, 0.25) is 0 Å². The van der Waals surface area contributed by atoms with E-state index in [1.807, 2.05) is 6.07 Å². The van der Waals surface area contributed by atoms with Crippen molar-refractivity contribution in [3.63, 3.8) is 0 Å². The van der Waals surface area contributed by atoms with E-state index in [0.29, 0.717) is 6.42 Å². The van der Waals surface area contributed by atoms with Gasteiger partial charge in [0.25, 0.3) is 0 Å². The normalized spacial score (nSPS) is 11.8. The van der Waals surface area contributed by atoms with Crippen molar-refractivity contribution in [1.82, 2.24) is 0 Å². The molecule has 0 heterocycles. The first-order valence-corrected chi connectivity index (χ1v) is 6.05. The second-order valence-corrected chi connectivity index (χ2v) is 4.58. The number of methoxy groups -OCH3 is 1. The molecule has 0 fully saturated rings. The molecule has 2 aromatic rings. The van der Waals surface area contributed by atoms with Crippen molar-refractivity contribution in [2.75, 3.05) is 7.11 Å². The third-order valence-electron chi connectivity index (χ3n) is 3.44. The van der Waals surface area contributed by atoms with E-state index in [4.69, 9.17) is 4.74 Å². The number of fused-ring (bicyclic) bond motifs is 3. The van der Waals surface area contributed by atoms with E-state index in [1.165, 1.54) is 29.4 Å². The van der Waals surface area contributed by atoms with Gasteiger partial charge in [-0.05, 0) is 34.2 Å². The minimum atomic E-state index is -0.193. The zero-order valence-electron chi connectivity index (χ0n) is 10.3. The van der Waals surface area contributed by atoms with Crippen LogP contribution in [0.2, 0.25) is 0 Å². The third-order valence-corrected chi connectivity index (χ3v) is 3.44. The molecule has 0 radical (unpaired) electrons. The van der Waals surface area contributed by atoms with Crippen LogP contribution in [0.3, 0.4) is 0 Å². The summed E-state index contributed by atoms with van der Waals surface area (Å²) in [6.45, 7) is 0. The molecule has 0 bridgehead atoms. The van der Waals surface area contributed by atoms with Crippen molar-refractivity contribution in [3.05, 3.63) is 59.2 Å². The second kappa shape index (κ2) is 4.30. The molecule has 2 heteroatoms. The molecular formula is C16H14O2. The Balaban J connectivity index is 2.00. The summed E-state index contributed by atoms with van der Waals surface area (Å²) in [4.78, 5) is 11.3. The van der Waals surface area contributed by atoms with Crippen LogP contribution in [0.25, 0.3) is 11.1 Å². The van der Waals surface area contributed by atoms with Crippen LogP contribution in [0.4, 0.5) is 0 Å². The summed E-state index contributed by atoms with van der Waals surface area (Å²) in [5, 5.41) is 0. The van der Waals surface area contributed by atoms with Crippen LogP contribution in [0.1, 0.15) is 16.7 Å². The fourth-order valence-corrected chi connectivity index (χ4v) is 2.52. The van der Waals surface area contributed by atoms with Crippen LogP contribution in [-0.4, -0.2) is 13.1 Å². The average Bonchev–Trinajstić information content (AvgIpc) is 2.77. The molecule has 1 aliphatic carbocycles. The van der Waals surface area contributed by atoms with Crippen molar-refractivity contribution in [1.29, 1.82) is 0 Å². The van der Waals surface area contributed by atoms with E-state index >= 15 is 0 Å². The smallest absolute Gasteiger partial charge is 0.309 e. The SMILES string of the molecule is COC(=O)Cc1ccc2c(c1)-c1ccccc1C2. The van der Waals surface area contributed by atoms with Gasteiger partial charge in [-0.25, -0.2) is 0 Å². The number of benzene rings is 2. The molecule has 0 saturated carbocycles. The van der Waals surface area contributed by atoms with Crippen LogP contribution in [-0.2, 0) is 22.4 Å². The number of esters is 1. The van der Waals surface area contributed by atoms with Crippen molar-refractivity contribution < 1.29 is 9.53 Å². The van der Waals surface area contributed by atoms with Crippen LogP contribution >= 0.6 is 0 Å². The Morgan fingerprint density at radius 3 is 2.72 bits per heavy atom. The lowest BCUT2D eigenvalue weighted by molar-refractivity contribution is -0.139. The number of carbonyl (C=O) groups is 1. The highest BCUT2D eigenvalue weighted by molar-refractivity contribution is 5.79. The van der Waals surface area contributed by atoms with Gasteiger partial charge < -0.3 is 4.74 Å². The third kappa shape index (κ3) is 1.80. The number of hydrogen-bond donors (Lipinski definition) is 0. The average molecular weight is 238 g/mol. The van der Waals surface area contributed by atoms with E-state index in [2.05, 4.69) is 36.4 Å². The first-order valence-electron chi connectivity index (χ1n) is 6.05. The van der Waals surface area contributed by atoms with Gasteiger partial charge in [0.15, 0.2) is 0 Å². The summed E-state index contributed by atoms with van der Waals surface area (Å²) in [6.07, 6.45) is 1.33. The van der Waals surface area contributed by atoms with E-state index < -0.39 is 0 Å². The number of hydrogen-bond acceptors (Lipinski definition) is 2. The first-order chi connectivity index (χ1) is 8.78. The molecule has 18 heavy (non-hydrogen) atoms. The van der Waals surface area contributed by atoms with E-state index in [-0.39, 0.29) is 5.97 Å². The highest BCUT2D eigenvalue weighted by Gasteiger charge is 2.18. The molecule has 0 N–H and O–H groups in total. The summed E-state index contributed by atoms with van der Waals surface area (Å²) in [7, 11) is 1.42. The van der Waals surface area contributed by atoms with Gasteiger partial charge in [-0.2, -0.15) is 0 Å². The summed E-state index contributed by atoms with van der Waals surface area (Å²) in [5.74, 6) is -0.193. The number of carbonyl (C=O) groups excluding carboxylic acids is 1. The maximum atomic E-state index is 11.3. The first kappa shape index (κ1) is 11.0. The van der Waals surface area contributed by atoms with Crippen molar-refractivity contribution in [3.8, 4) is 11.1 Å². The van der Waals surface area contributed by atoms with Gasteiger partial charge >= 0.3 is 5.97 Å². The van der Waals surface area contributed by atoms with Gasteiger partial charge in [-0.15, -0.1) is 0 Å². The van der Waals surface area contributed by atoms with Crippen LogP contribution in [0.5, 0.6) is 0 Å². The maximum absolute atomic E-state index is 11.3. The highest BCUT2D eigenvalue weighted by atomic mass is 16.5. The van der Waals surface area contributed by atoms with Crippen molar-refractivity contribution in [2.24, 2.45) is 0 Å². The molecule has 0 spiro atoms. The highest BCUT2D eigenvalue weighted by Crippen LogP contribution is 2.36. The Hall–Kier alpha value is -2.09. The summed E-state index contributed by atoms with van der Waals surface area (Å²) in [5.41, 5.74) is 6.26. The Morgan fingerprint density at radius 2 is 1.89 bits per heavy atom. The minimum absolute atomic E-state index is 0.193. The zero-order chi connectivity index (χ0) is 12.5. The largest absolute Gasteiger partial charge is 0.469 e. The lowest BCUT2D eigenvalue weighted by atomic mass is 10.0. The van der Waals surface area contributed by atoms with Gasteiger partial charge in [0.05, 0.1) is 13.5 Å². The fourth-order valence-electron chi connectivity index (χ4n) is 2.52. The van der Waals surface area contributed by atoms with Gasteiger partial charge in [-0.1, -0.05) is 42.5 Å². The van der Waals surface area contributed by atoms with Crippen molar-refractivity contribution >= 4 is 5.97 Å². The molecular weight excluding hydrogens is 224 g/mol. The van der Waals surface area contributed by atoms with Gasteiger partial charge in [0.1, 0.15) is 0 Å². The Bertz CT molecular complexity index is 614. The van der Waals surface area contributed by atoms with Crippen LogP contribution < -0.4 is 0 Å². The quantitative estimate of drug-likeness (QED) is 0.641. The predicted octanol–water partition coefficient (Wildman–Crippen LogP) is 2.97. The molecule has 2 aromatic carbocycles. The van der Waals surface area contributed by atoms with Gasteiger partial charge in [-0.3, -0.25) is 4.79 Å². The van der Waals surface area contributed by atoms with Crippen molar-refractivity contribution in [2.45, 2.75) is 12.8 Å². The standard InChI is InChI=1S/C16H14O2/c1-18-16(17)9-11-6-7-13-10-12-4-2-3-5-14(12)15(13)8-11/h2-8H,9-10H2,1H3. The Labute approximate surface area is 106 Å². The van der Waals surface area contributed by atoms with Crippen LogP contribution in [0.15, 0.2) is 42.5 Å². The number of rotatable bonds is 2. The van der Waals surface area contributed by atoms with E-state index in [0.717, 1.165) is 12.0 Å². The van der Waals surface area contributed by atoms with E-state index in [1.54, 1.807) is 0 Å². The molecule has 3 rings (SSSR count). The zero-order valence-corrected chi connectivity index (χ0v) is 10.3. The number of ether oxygens (including phenoxy) is 1. The maximum Gasteiger partial charge on any atom is 0.309 e. The molecule has 0 unspecified atom stereocenters. The summed E-state index contributed by atoms with van der Waals surface area (Å²) < 4.78 is 4.70. The van der Waals surface area contributed by atoms with Crippen LogP contribution in [0, 0.1) is 0 Å². The molecule has 0 saturated heterocycles. The monoisotopic (exact) mass is 238 g/mol. The predicted molar refractivity (Wildman–Crippen MR) is 70.4 cm³/mol. The molecule has 0 atom stereocenters. The Kier molecular flexibility index (Phi) is 2.63. The summed E-state index contributed by atoms with van der Waals surface area (Å²) >= 11 is 0. The molecule has 0 aliphatic heterocycles. The molecule has 0 aromatic heterocycles. The second-order valence-electron chi connectivity index (χ2n) is 4.58.